The number of hydrazine groups is 1. The van der Waals surface area contributed by atoms with Crippen LogP contribution in [0.1, 0.15) is 11.3 Å². The molecule has 154 valence electrons. The molecule has 30 heavy (non-hydrogen) atoms. The molecule has 0 fully saturated rings. The third kappa shape index (κ3) is 3.73. The summed E-state index contributed by atoms with van der Waals surface area (Å²) in [5.74, 6) is -0.647. The van der Waals surface area contributed by atoms with Crippen LogP contribution in [-0.2, 0) is 10.9 Å². The number of ether oxygens (including phenoxy) is 1. The lowest BCUT2D eigenvalue weighted by molar-refractivity contribution is -0.137. The maximum atomic E-state index is 14.5. The van der Waals surface area contributed by atoms with E-state index in [0.717, 1.165) is 17.8 Å². The van der Waals surface area contributed by atoms with Crippen molar-refractivity contribution in [2.75, 3.05) is 12.1 Å². The number of halogens is 4. The van der Waals surface area contributed by atoms with Crippen LogP contribution in [0.5, 0.6) is 0 Å². The highest BCUT2D eigenvalue weighted by atomic mass is 19.4. The van der Waals surface area contributed by atoms with E-state index < -0.39 is 17.6 Å². The number of methoxy groups -OCH3 is 1. The van der Waals surface area contributed by atoms with Crippen LogP contribution in [0, 0.1) is 5.82 Å². The van der Waals surface area contributed by atoms with E-state index >= 15 is 0 Å². The maximum absolute atomic E-state index is 14.5. The molecule has 0 aliphatic carbocycles. The lowest BCUT2D eigenvalue weighted by Gasteiger charge is -2.29. The topological polar surface area (TPSA) is 42.3 Å². The molecule has 3 aromatic rings. The van der Waals surface area contributed by atoms with Crippen molar-refractivity contribution < 1.29 is 22.3 Å². The largest absolute Gasteiger partial charge is 0.495 e. The number of nitrogens with zero attached hydrogens (tertiary/aromatic N) is 3. The average Bonchev–Trinajstić information content (AvgIpc) is 3.23. The fraction of sp³-hybridized carbons (Fsp3) is 0.0952. The van der Waals surface area contributed by atoms with Gasteiger partial charge in [0.15, 0.2) is 0 Å². The Morgan fingerprint density at radius 1 is 1.03 bits per heavy atom. The first-order valence-corrected chi connectivity index (χ1v) is 8.87. The number of aromatic nitrogens is 2. The van der Waals surface area contributed by atoms with E-state index in [1.54, 1.807) is 23.0 Å². The van der Waals surface area contributed by atoms with Gasteiger partial charge in [0.1, 0.15) is 11.6 Å². The summed E-state index contributed by atoms with van der Waals surface area (Å²) in [7, 11) is 1.45. The van der Waals surface area contributed by atoms with Crippen LogP contribution in [0.3, 0.4) is 0 Å². The van der Waals surface area contributed by atoms with E-state index in [4.69, 9.17) is 4.74 Å². The van der Waals surface area contributed by atoms with Crippen LogP contribution in [0.2, 0.25) is 0 Å². The highest BCUT2D eigenvalue weighted by Gasteiger charge is 2.32. The lowest BCUT2D eigenvalue weighted by atomic mass is 10.1. The Balaban J connectivity index is 1.71. The quantitative estimate of drug-likeness (QED) is 0.616. The van der Waals surface area contributed by atoms with Gasteiger partial charge in [0.2, 0.25) is 0 Å². The van der Waals surface area contributed by atoms with Crippen LogP contribution in [0.15, 0.2) is 78.8 Å². The predicted molar refractivity (Wildman–Crippen MR) is 104 cm³/mol. The van der Waals surface area contributed by atoms with Crippen LogP contribution in [0.25, 0.3) is 11.4 Å². The monoisotopic (exact) mass is 416 g/mol. The second-order valence-corrected chi connectivity index (χ2v) is 6.40. The molecule has 0 atom stereocenters. The van der Waals surface area contributed by atoms with Crippen LogP contribution >= 0.6 is 0 Å². The van der Waals surface area contributed by atoms with Gasteiger partial charge in [-0.15, -0.1) is 0 Å². The smallest absolute Gasteiger partial charge is 0.416 e. The van der Waals surface area contributed by atoms with Gasteiger partial charge in [0.25, 0.3) is 0 Å². The van der Waals surface area contributed by atoms with Crippen LogP contribution in [-0.4, -0.2) is 16.9 Å². The Kier molecular flexibility index (Phi) is 4.94. The molecule has 1 aliphatic rings. The Morgan fingerprint density at radius 3 is 2.47 bits per heavy atom. The molecule has 1 aliphatic heterocycles. The van der Waals surface area contributed by atoms with Gasteiger partial charge in [-0.2, -0.15) is 18.3 Å². The fourth-order valence-electron chi connectivity index (χ4n) is 3.03. The number of allylic oxidation sites excluding steroid dienone is 1. The number of nitrogens with one attached hydrogen (secondary N) is 1. The van der Waals surface area contributed by atoms with Crippen molar-refractivity contribution in [1.29, 1.82) is 0 Å². The highest BCUT2D eigenvalue weighted by Crippen LogP contribution is 2.33. The average molecular weight is 416 g/mol. The maximum Gasteiger partial charge on any atom is 0.416 e. The lowest BCUT2D eigenvalue weighted by Crippen LogP contribution is -2.36. The van der Waals surface area contributed by atoms with Gasteiger partial charge in [-0.3, -0.25) is 10.4 Å². The minimum absolute atomic E-state index is 0.0890. The second kappa shape index (κ2) is 7.58. The Labute approximate surface area is 169 Å². The first-order valence-electron chi connectivity index (χ1n) is 8.87. The van der Waals surface area contributed by atoms with Gasteiger partial charge >= 0.3 is 6.18 Å². The number of para-hydroxylation sites is 1. The zero-order valence-corrected chi connectivity index (χ0v) is 15.7. The van der Waals surface area contributed by atoms with Crippen molar-refractivity contribution in [3.05, 3.63) is 95.9 Å². The van der Waals surface area contributed by atoms with E-state index in [1.807, 2.05) is 30.3 Å². The summed E-state index contributed by atoms with van der Waals surface area (Å²) in [4.78, 5) is 0. The zero-order valence-electron chi connectivity index (χ0n) is 15.7. The number of rotatable bonds is 4. The van der Waals surface area contributed by atoms with Crippen LogP contribution in [0.4, 0.5) is 23.2 Å². The number of benzene rings is 2. The molecule has 0 unspecified atom stereocenters. The van der Waals surface area contributed by atoms with Gasteiger partial charge in [0.05, 0.1) is 47.8 Å². The van der Waals surface area contributed by atoms with Gasteiger partial charge < -0.3 is 4.74 Å². The molecule has 0 spiro atoms. The minimum atomic E-state index is -4.63. The van der Waals surface area contributed by atoms with E-state index in [0.29, 0.717) is 23.2 Å². The Bertz CT molecular complexity index is 1120. The number of hydrogen-bond acceptors (Lipinski definition) is 4. The highest BCUT2D eigenvalue weighted by molar-refractivity contribution is 5.70. The summed E-state index contributed by atoms with van der Waals surface area (Å²) >= 11 is 0. The number of hydrogen-bond donors (Lipinski definition) is 1. The van der Waals surface area contributed by atoms with Crippen molar-refractivity contribution in [2.45, 2.75) is 6.18 Å². The van der Waals surface area contributed by atoms with Crippen molar-refractivity contribution in [3.8, 4) is 5.69 Å². The third-order valence-corrected chi connectivity index (χ3v) is 4.47. The summed E-state index contributed by atoms with van der Waals surface area (Å²) in [6, 6.07) is 13.5. The molecule has 0 saturated heterocycles. The fourth-order valence-corrected chi connectivity index (χ4v) is 3.03. The third-order valence-electron chi connectivity index (χ3n) is 4.47. The molecule has 0 amide bonds. The first kappa shape index (κ1) is 19.6. The summed E-state index contributed by atoms with van der Waals surface area (Å²) in [5, 5.41) is 5.59. The molecule has 4 rings (SSSR count). The molecule has 1 aromatic heterocycles. The Hall–Kier alpha value is -3.75. The molecular formula is C21H16F4N4O. The summed E-state index contributed by atoms with van der Waals surface area (Å²) in [6.45, 7) is 0. The van der Waals surface area contributed by atoms with Crippen LogP contribution < -0.4 is 10.4 Å². The number of anilines is 1. The van der Waals surface area contributed by atoms with Gasteiger partial charge in [-0.05, 0) is 36.4 Å². The summed E-state index contributed by atoms with van der Waals surface area (Å²) < 4.78 is 60.1. The minimum Gasteiger partial charge on any atom is -0.495 e. The predicted octanol–water partition coefficient (Wildman–Crippen LogP) is 4.88. The van der Waals surface area contributed by atoms with Gasteiger partial charge in [0, 0.05) is 6.08 Å². The summed E-state index contributed by atoms with van der Waals surface area (Å²) in [5.41, 5.74) is 3.84. The SMILES string of the molecule is COC1=CN(c2ccc(C(F)(F)F)cc2F)NC(c2ccnn2-c2ccccc2)=C1. The molecule has 1 N–H and O–H groups in total. The zero-order chi connectivity index (χ0) is 21.3. The molecule has 9 heteroatoms. The number of alkyl halides is 3. The Morgan fingerprint density at radius 2 is 1.80 bits per heavy atom. The molecule has 2 heterocycles. The van der Waals surface area contributed by atoms with Crippen molar-refractivity contribution >= 4 is 11.4 Å². The molecule has 0 radical (unpaired) electrons. The summed E-state index contributed by atoms with van der Waals surface area (Å²) in [6.07, 6.45) is 0.113. The van der Waals surface area contributed by atoms with Crippen molar-refractivity contribution in [1.82, 2.24) is 15.2 Å². The molecule has 2 aromatic carbocycles. The van der Waals surface area contributed by atoms with E-state index in [2.05, 4.69) is 10.5 Å². The van der Waals surface area contributed by atoms with E-state index in [-0.39, 0.29) is 5.69 Å². The second-order valence-electron chi connectivity index (χ2n) is 6.40. The molecular weight excluding hydrogens is 400 g/mol. The van der Waals surface area contributed by atoms with Crippen molar-refractivity contribution in [3.63, 3.8) is 0 Å². The first-order chi connectivity index (χ1) is 14.4. The van der Waals surface area contributed by atoms with Gasteiger partial charge in [-0.1, -0.05) is 18.2 Å². The van der Waals surface area contributed by atoms with Gasteiger partial charge in [-0.25, -0.2) is 9.07 Å². The van der Waals surface area contributed by atoms with E-state index in [1.165, 1.54) is 18.3 Å². The molecule has 5 nitrogen and oxygen atoms in total. The standard InChI is InChI=1S/C21H16F4N4O/c1-30-16-12-18(20-9-10-26-29(20)15-5-3-2-4-6-15)27-28(13-16)19-8-7-14(11-17(19)22)21(23,24)25/h2-13,27H,1H3. The van der Waals surface area contributed by atoms with Crippen molar-refractivity contribution in [2.24, 2.45) is 0 Å². The normalized spacial score (nSPS) is 14.1. The van der Waals surface area contributed by atoms with E-state index in [9.17, 15) is 17.6 Å². The molecule has 0 bridgehead atoms. The molecule has 0 saturated carbocycles.